The number of carbonyl (C=O) groups is 1. The average Bonchev–Trinajstić information content (AvgIpc) is 3.29. The summed E-state index contributed by atoms with van der Waals surface area (Å²) in [7, 11) is 0. The summed E-state index contributed by atoms with van der Waals surface area (Å²) in [5, 5.41) is 3.23. The predicted molar refractivity (Wildman–Crippen MR) is 120 cm³/mol. The smallest absolute Gasteiger partial charge is 0.262 e. The van der Waals surface area contributed by atoms with Crippen LogP contribution in [0.3, 0.4) is 0 Å². The van der Waals surface area contributed by atoms with Crippen LogP contribution in [0.1, 0.15) is 23.6 Å². The molecule has 0 aliphatic carbocycles. The van der Waals surface area contributed by atoms with Crippen molar-refractivity contribution in [2.45, 2.75) is 27.2 Å². The van der Waals surface area contributed by atoms with Gasteiger partial charge in [-0.25, -0.2) is 0 Å². The van der Waals surface area contributed by atoms with E-state index in [1.165, 1.54) is 6.26 Å². The molecule has 0 bridgehead atoms. The summed E-state index contributed by atoms with van der Waals surface area (Å²) in [6, 6.07) is 14.5. The van der Waals surface area contributed by atoms with Gasteiger partial charge in [-0.15, -0.1) is 0 Å². The number of ether oxygens (including phenoxy) is 1. The summed E-state index contributed by atoms with van der Waals surface area (Å²) in [5.41, 5.74) is 3.80. The first-order valence-electron chi connectivity index (χ1n) is 10.1. The molecule has 0 saturated carbocycles. The molecule has 1 N–H and O–H groups in total. The Kier molecular flexibility index (Phi) is 5.62. The summed E-state index contributed by atoms with van der Waals surface area (Å²) in [5.74, 6) is 0.0898. The lowest BCUT2D eigenvalue weighted by molar-refractivity contribution is -0.118. The number of fused-ring (bicyclic) bond motifs is 1. The predicted octanol–water partition coefficient (Wildman–Crippen LogP) is 5.25. The van der Waals surface area contributed by atoms with Crippen molar-refractivity contribution in [1.29, 1.82) is 0 Å². The molecule has 0 saturated heterocycles. The fourth-order valence-corrected chi connectivity index (χ4v) is 3.41. The minimum atomic E-state index is -0.370. The van der Waals surface area contributed by atoms with Crippen LogP contribution in [0.25, 0.3) is 22.5 Å². The molecule has 2 aromatic heterocycles. The van der Waals surface area contributed by atoms with Crippen molar-refractivity contribution in [2.75, 3.05) is 11.9 Å². The van der Waals surface area contributed by atoms with Gasteiger partial charge in [-0.2, -0.15) is 0 Å². The summed E-state index contributed by atoms with van der Waals surface area (Å²) >= 11 is 0. The van der Waals surface area contributed by atoms with Gasteiger partial charge < -0.3 is 18.9 Å². The molecule has 6 nitrogen and oxygen atoms in total. The van der Waals surface area contributed by atoms with Gasteiger partial charge in [0.1, 0.15) is 5.58 Å². The summed E-state index contributed by atoms with van der Waals surface area (Å²) in [6.07, 6.45) is 2.27. The molecule has 0 radical (unpaired) electrons. The summed E-state index contributed by atoms with van der Waals surface area (Å²) in [6.45, 7) is 5.55. The molecular weight excluding hydrogens is 394 g/mol. The lowest BCUT2D eigenvalue weighted by Crippen LogP contribution is -2.23. The summed E-state index contributed by atoms with van der Waals surface area (Å²) in [4.78, 5) is 25.8. The van der Waals surface area contributed by atoms with E-state index < -0.39 is 0 Å². The van der Waals surface area contributed by atoms with Gasteiger partial charge in [0.05, 0.1) is 11.6 Å². The van der Waals surface area contributed by atoms with Gasteiger partial charge in [0, 0.05) is 5.69 Å². The highest BCUT2D eigenvalue weighted by atomic mass is 16.5. The number of hydrogen-bond acceptors (Lipinski definition) is 5. The van der Waals surface area contributed by atoms with Crippen molar-refractivity contribution < 1.29 is 18.4 Å². The molecule has 0 fully saturated rings. The normalized spacial score (nSPS) is 10.9. The molecule has 2 aromatic carbocycles. The maximum Gasteiger partial charge on any atom is 0.262 e. The maximum absolute atomic E-state index is 13.2. The van der Waals surface area contributed by atoms with Gasteiger partial charge in [0.2, 0.25) is 16.9 Å². The molecule has 0 spiro atoms. The van der Waals surface area contributed by atoms with Crippen molar-refractivity contribution in [3.05, 3.63) is 81.7 Å². The first-order valence-corrected chi connectivity index (χ1v) is 10.1. The van der Waals surface area contributed by atoms with Crippen molar-refractivity contribution in [2.24, 2.45) is 0 Å². The molecule has 0 atom stereocenters. The Morgan fingerprint density at radius 1 is 1.06 bits per heavy atom. The van der Waals surface area contributed by atoms with E-state index in [0.29, 0.717) is 16.7 Å². The minimum absolute atomic E-state index is 0.0513. The topological polar surface area (TPSA) is 81.7 Å². The van der Waals surface area contributed by atoms with Crippen molar-refractivity contribution in [3.8, 4) is 17.3 Å². The zero-order chi connectivity index (χ0) is 22.0. The van der Waals surface area contributed by atoms with E-state index in [1.54, 1.807) is 18.2 Å². The third-order valence-electron chi connectivity index (χ3n) is 5.23. The van der Waals surface area contributed by atoms with Crippen LogP contribution in [0.5, 0.6) is 5.75 Å². The summed E-state index contributed by atoms with van der Waals surface area (Å²) < 4.78 is 17.1. The van der Waals surface area contributed by atoms with E-state index in [0.717, 1.165) is 28.8 Å². The van der Waals surface area contributed by atoms with Crippen LogP contribution < -0.4 is 15.5 Å². The average molecular weight is 417 g/mol. The lowest BCUT2D eigenvalue weighted by atomic mass is 10.1. The molecule has 0 unspecified atom stereocenters. The number of carbonyl (C=O) groups excluding carboxylic acids is 1. The van der Waals surface area contributed by atoms with Crippen LogP contribution in [-0.4, -0.2) is 12.5 Å². The molecule has 4 aromatic rings. The van der Waals surface area contributed by atoms with Crippen LogP contribution in [0.15, 0.2) is 68.4 Å². The zero-order valence-corrected chi connectivity index (χ0v) is 17.7. The minimum Gasteiger partial charge on any atom is -0.476 e. The van der Waals surface area contributed by atoms with Crippen molar-refractivity contribution >= 4 is 22.6 Å². The molecule has 31 heavy (non-hydrogen) atoms. The number of para-hydroxylation sites is 1. The van der Waals surface area contributed by atoms with Crippen LogP contribution in [0.2, 0.25) is 0 Å². The molecule has 2 heterocycles. The second-order valence-electron chi connectivity index (χ2n) is 7.35. The second kappa shape index (κ2) is 8.52. The monoisotopic (exact) mass is 417 g/mol. The van der Waals surface area contributed by atoms with Crippen LogP contribution in [0, 0.1) is 13.8 Å². The van der Waals surface area contributed by atoms with Gasteiger partial charge in [-0.05, 0) is 67.3 Å². The standard InChI is InChI=1S/C25H23NO5/c1-4-17-8-5-6-9-19(17)26-22(27)14-30-25-23(28)18-12-15(2)16(3)13-21(18)31-24(25)20-10-7-11-29-20/h5-13H,4,14H2,1-3H3,(H,26,27). The third kappa shape index (κ3) is 4.10. The fraction of sp³-hybridized carbons (Fsp3) is 0.200. The number of hydrogen-bond donors (Lipinski definition) is 1. The molecule has 1 amide bonds. The number of rotatable bonds is 6. The highest BCUT2D eigenvalue weighted by Crippen LogP contribution is 2.32. The van der Waals surface area contributed by atoms with E-state index in [4.69, 9.17) is 13.6 Å². The Morgan fingerprint density at radius 3 is 2.58 bits per heavy atom. The zero-order valence-electron chi connectivity index (χ0n) is 17.7. The number of aryl methyl sites for hydroxylation is 3. The highest BCUT2D eigenvalue weighted by molar-refractivity contribution is 5.93. The van der Waals surface area contributed by atoms with Crippen LogP contribution >= 0.6 is 0 Å². The van der Waals surface area contributed by atoms with E-state index in [2.05, 4.69) is 5.32 Å². The largest absolute Gasteiger partial charge is 0.476 e. The van der Waals surface area contributed by atoms with Crippen LogP contribution in [-0.2, 0) is 11.2 Å². The van der Waals surface area contributed by atoms with Gasteiger partial charge in [-0.1, -0.05) is 25.1 Å². The SMILES string of the molecule is CCc1ccccc1NC(=O)COc1c(-c2ccco2)oc2cc(C)c(C)cc2c1=O. The van der Waals surface area contributed by atoms with Gasteiger partial charge in [0.25, 0.3) is 5.91 Å². The van der Waals surface area contributed by atoms with Crippen molar-refractivity contribution in [1.82, 2.24) is 0 Å². The first kappa shape index (κ1) is 20.5. The van der Waals surface area contributed by atoms with Gasteiger partial charge in [0.15, 0.2) is 12.4 Å². The van der Waals surface area contributed by atoms with E-state index in [9.17, 15) is 9.59 Å². The Labute approximate surface area is 179 Å². The van der Waals surface area contributed by atoms with E-state index in [1.807, 2.05) is 51.1 Å². The highest BCUT2D eigenvalue weighted by Gasteiger charge is 2.21. The van der Waals surface area contributed by atoms with E-state index >= 15 is 0 Å². The molecule has 4 rings (SSSR count). The fourth-order valence-electron chi connectivity index (χ4n) is 3.41. The Hall–Kier alpha value is -3.80. The first-order chi connectivity index (χ1) is 15.0. The molecule has 158 valence electrons. The quantitative estimate of drug-likeness (QED) is 0.463. The number of amides is 1. The number of benzene rings is 2. The third-order valence-corrected chi connectivity index (χ3v) is 5.23. The van der Waals surface area contributed by atoms with Gasteiger partial charge in [-0.3, -0.25) is 9.59 Å². The molecular formula is C25H23NO5. The Morgan fingerprint density at radius 2 is 1.84 bits per heavy atom. The van der Waals surface area contributed by atoms with E-state index in [-0.39, 0.29) is 29.5 Å². The molecule has 0 aliphatic heterocycles. The Balaban J connectivity index is 1.68. The maximum atomic E-state index is 13.2. The molecule has 0 aliphatic rings. The number of anilines is 1. The van der Waals surface area contributed by atoms with Crippen molar-refractivity contribution in [3.63, 3.8) is 0 Å². The number of nitrogens with one attached hydrogen (secondary N) is 1. The van der Waals surface area contributed by atoms with Crippen LogP contribution in [0.4, 0.5) is 5.69 Å². The number of furan rings is 1. The lowest BCUT2D eigenvalue weighted by Gasteiger charge is -2.12. The Bertz CT molecular complexity index is 1300. The second-order valence-corrected chi connectivity index (χ2v) is 7.35. The van der Waals surface area contributed by atoms with Gasteiger partial charge >= 0.3 is 0 Å². The molecule has 6 heteroatoms.